The molecule has 3 nitrogen and oxygen atoms in total. The van der Waals surface area contributed by atoms with E-state index in [1.807, 2.05) is 6.20 Å². The van der Waals surface area contributed by atoms with Crippen molar-refractivity contribution in [2.75, 3.05) is 13.1 Å². The third-order valence-corrected chi connectivity index (χ3v) is 3.04. The Labute approximate surface area is 84.9 Å². The molecule has 1 fully saturated rings. The van der Waals surface area contributed by atoms with Crippen molar-refractivity contribution in [3.63, 3.8) is 0 Å². The molecule has 1 saturated heterocycles. The first-order valence-electron chi connectivity index (χ1n) is 5.53. The van der Waals surface area contributed by atoms with E-state index < -0.39 is 0 Å². The highest BCUT2D eigenvalue weighted by Gasteiger charge is 2.17. The zero-order chi connectivity index (χ0) is 9.80. The lowest BCUT2D eigenvalue weighted by Gasteiger charge is -2.21. The first kappa shape index (κ1) is 9.71. The third-order valence-electron chi connectivity index (χ3n) is 3.04. The average Bonchev–Trinajstić information content (AvgIpc) is 2.67. The fourth-order valence-corrected chi connectivity index (χ4v) is 2.09. The molecule has 0 saturated carbocycles. The lowest BCUT2D eigenvalue weighted by Crippen LogP contribution is -2.28. The van der Waals surface area contributed by atoms with E-state index in [-0.39, 0.29) is 0 Å². The van der Waals surface area contributed by atoms with Gasteiger partial charge in [-0.25, -0.2) is 0 Å². The van der Waals surface area contributed by atoms with E-state index >= 15 is 0 Å². The van der Waals surface area contributed by atoms with Crippen LogP contribution in [0.3, 0.4) is 0 Å². The molecule has 14 heavy (non-hydrogen) atoms. The first-order chi connectivity index (χ1) is 6.90. The Kier molecular flexibility index (Phi) is 3.19. The quantitative estimate of drug-likeness (QED) is 0.797. The highest BCUT2D eigenvalue weighted by molar-refractivity contribution is 5.13. The number of hydrogen-bond donors (Lipinski definition) is 1. The second-order valence-electron chi connectivity index (χ2n) is 4.03. The Balaban J connectivity index is 1.95. The van der Waals surface area contributed by atoms with Crippen molar-refractivity contribution in [3.05, 3.63) is 17.5 Å². The zero-order valence-electron chi connectivity index (χ0n) is 8.75. The van der Waals surface area contributed by atoms with Crippen molar-refractivity contribution in [3.8, 4) is 0 Å². The number of piperidine rings is 1. The fraction of sp³-hybridized carbons (Fsp3) is 0.727. The minimum atomic E-state index is 0.787. The van der Waals surface area contributed by atoms with Gasteiger partial charge in [-0.2, -0.15) is 0 Å². The maximum Gasteiger partial charge on any atom is 0.140 e. The van der Waals surface area contributed by atoms with E-state index in [0.717, 1.165) is 37.6 Å². The maximum absolute atomic E-state index is 5.29. The predicted octanol–water partition coefficient (Wildman–Crippen LogP) is 1.78. The van der Waals surface area contributed by atoms with Gasteiger partial charge < -0.3 is 9.84 Å². The molecule has 0 aliphatic carbocycles. The van der Waals surface area contributed by atoms with Gasteiger partial charge in [0.25, 0.3) is 0 Å². The van der Waals surface area contributed by atoms with Crippen LogP contribution in [0.2, 0.25) is 0 Å². The van der Waals surface area contributed by atoms with Crippen LogP contribution in [-0.4, -0.2) is 18.2 Å². The number of nitrogens with zero attached hydrogens (tertiary/aromatic N) is 1. The summed E-state index contributed by atoms with van der Waals surface area (Å²) < 4.78 is 5.29. The van der Waals surface area contributed by atoms with Crippen molar-refractivity contribution in [2.45, 2.75) is 32.6 Å². The van der Waals surface area contributed by atoms with E-state index in [2.05, 4.69) is 17.4 Å². The van der Waals surface area contributed by atoms with E-state index in [1.54, 1.807) is 0 Å². The maximum atomic E-state index is 5.29. The van der Waals surface area contributed by atoms with Gasteiger partial charge in [-0.15, -0.1) is 0 Å². The van der Waals surface area contributed by atoms with Gasteiger partial charge in [0.1, 0.15) is 5.76 Å². The van der Waals surface area contributed by atoms with Gasteiger partial charge in [0.2, 0.25) is 0 Å². The van der Waals surface area contributed by atoms with Crippen molar-refractivity contribution in [1.82, 2.24) is 10.5 Å². The Morgan fingerprint density at radius 2 is 2.29 bits per heavy atom. The number of nitrogens with one attached hydrogen (secondary N) is 1. The topological polar surface area (TPSA) is 38.1 Å². The van der Waals surface area contributed by atoms with E-state index in [1.165, 1.54) is 18.4 Å². The molecule has 0 aromatic carbocycles. The largest absolute Gasteiger partial charge is 0.361 e. The smallest absolute Gasteiger partial charge is 0.140 e. The third kappa shape index (κ3) is 2.15. The molecule has 1 N–H and O–H groups in total. The second kappa shape index (κ2) is 4.60. The highest BCUT2D eigenvalue weighted by Crippen LogP contribution is 2.20. The summed E-state index contributed by atoms with van der Waals surface area (Å²) in [5.74, 6) is 1.90. The Morgan fingerprint density at radius 1 is 1.50 bits per heavy atom. The van der Waals surface area contributed by atoms with Crippen LogP contribution in [0.4, 0.5) is 0 Å². The monoisotopic (exact) mass is 194 g/mol. The molecule has 3 heteroatoms. The molecule has 0 radical (unpaired) electrons. The molecule has 0 atom stereocenters. The summed E-state index contributed by atoms with van der Waals surface area (Å²) in [6.07, 6.45) is 6.50. The van der Waals surface area contributed by atoms with Crippen molar-refractivity contribution in [2.24, 2.45) is 5.92 Å². The Hall–Kier alpha value is -0.830. The van der Waals surface area contributed by atoms with Crippen LogP contribution in [-0.2, 0) is 12.8 Å². The molecule has 2 heterocycles. The molecule has 0 spiro atoms. The van der Waals surface area contributed by atoms with Gasteiger partial charge in [0.15, 0.2) is 0 Å². The van der Waals surface area contributed by atoms with Crippen LogP contribution in [0.25, 0.3) is 0 Å². The summed E-state index contributed by atoms with van der Waals surface area (Å²) in [6.45, 7) is 4.46. The van der Waals surface area contributed by atoms with Gasteiger partial charge in [0.05, 0.1) is 6.20 Å². The van der Waals surface area contributed by atoms with Crippen LogP contribution in [0.1, 0.15) is 31.1 Å². The average molecular weight is 194 g/mol. The molecule has 1 aromatic heterocycles. The van der Waals surface area contributed by atoms with Gasteiger partial charge in [-0.1, -0.05) is 12.1 Å². The number of aryl methyl sites for hydroxylation is 1. The second-order valence-corrected chi connectivity index (χ2v) is 4.03. The predicted molar refractivity (Wildman–Crippen MR) is 55.2 cm³/mol. The zero-order valence-corrected chi connectivity index (χ0v) is 8.75. The number of rotatable bonds is 3. The summed E-state index contributed by atoms with van der Waals surface area (Å²) >= 11 is 0. The molecule has 0 unspecified atom stereocenters. The minimum Gasteiger partial charge on any atom is -0.361 e. The molecule has 0 bridgehead atoms. The van der Waals surface area contributed by atoms with E-state index in [0.29, 0.717) is 0 Å². The van der Waals surface area contributed by atoms with Crippen molar-refractivity contribution < 1.29 is 4.52 Å². The number of aromatic nitrogens is 1. The van der Waals surface area contributed by atoms with Crippen LogP contribution in [0.15, 0.2) is 10.7 Å². The van der Waals surface area contributed by atoms with Gasteiger partial charge in [-0.3, -0.25) is 0 Å². The van der Waals surface area contributed by atoms with Gasteiger partial charge >= 0.3 is 0 Å². The molecule has 1 aliphatic rings. The highest BCUT2D eigenvalue weighted by atomic mass is 16.5. The molecule has 78 valence electrons. The first-order valence-corrected chi connectivity index (χ1v) is 5.53. The fourth-order valence-electron chi connectivity index (χ4n) is 2.09. The SMILES string of the molecule is CCc1cnoc1CC1CCNCC1. The van der Waals surface area contributed by atoms with E-state index in [9.17, 15) is 0 Å². The van der Waals surface area contributed by atoms with Gasteiger partial charge in [-0.05, 0) is 38.3 Å². The normalized spacial score (nSPS) is 18.6. The van der Waals surface area contributed by atoms with Crippen LogP contribution >= 0.6 is 0 Å². The molecule has 1 aromatic rings. The lowest BCUT2D eigenvalue weighted by molar-refractivity contribution is 0.317. The van der Waals surface area contributed by atoms with Crippen LogP contribution < -0.4 is 5.32 Å². The van der Waals surface area contributed by atoms with Crippen molar-refractivity contribution in [1.29, 1.82) is 0 Å². The van der Waals surface area contributed by atoms with Crippen LogP contribution in [0.5, 0.6) is 0 Å². The Bertz CT molecular complexity index is 277. The van der Waals surface area contributed by atoms with Gasteiger partial charge in [0, 0.05) is 12.0 Å². The minimum absolute atomic E-state index is 0.787. The van der Waals surface area contributed by atoms with E-state index in [4.69, 9.17) is 4.52 Å². The summed E-state index contributed by atoms with van der Waals surface area (Å²) in [6, 6.07) is 0. The lowest BCUT2D eigenvalue weighted by atomic mass is 9.92. The summed E-state index contributed by atoms with van der Waals surface area (Å²) in [5.41, 5.74) is 1.28. The standard InChI is InChI=1S/C11H18N2O/c1-2-10-8-13-14-11(10)7-9-3-5-12-6-4-9/h8-9,12H,2-7H2,1H3. The Morgan fingerprint density at radius 3 is 3.00 bits per heavy atom. The van der Waals surface area contributed by atoms with Crippen LogP contribution in [0, 0.1) is 5.92 Å². The summed E-state index contributed by atoms with van der Waals surface area (Å²) in [4.78, 5) is 0. The molecular formula is C11H18N2O. The summed E-state index contributed by atoms with van der Waals surface area (Å²) in [5, 5.41) is 7.24. The molecule has 1 aliphatic heterocycles. The molecule has 2 rings (SSSR count). The number of hydrogen-bond acceptors (Lipinski definition) is 3. The molecule has 0 amide bonds. The molecular weight excluding hydrogens is 176 g/mol. The summed E-state index contributed by atoms with van der Waals surface area (Å²) in [7, 11) is 0. The van der Waals surface area contributed by atoms with Crippen molar-refractivity contribution >= 4 is 0 Å².